The first-order chi connectivity index (χ1) is 12.9. The van der Waals surface area contributed by atoms with Crippen molar-refractivity contribution in [2.75, 3.05) is 27.4 Å². The fourth-order valence-corrected chi connectivity index (χ4v) is 4.75. The lowest BCUT2D eigenvalue weighted by Gasteiger charge is -2.55. The Balaban J connectivity index is 5.48. The van der Waals surface area contributed by atoms with Crippen molar-refractivity contribution in [1.29, 1.82) is 0 Å². The monoisotopic (exact) mass is 435 g/mol. The number of hydrogen-bond donors (Lipinski definition) is 1. The molecule has 0 aliphatic carbocycles. The number of ether oxygens (including phenoxy) is 4. The van der Waals surface area contributed by atoms with Crippen LogP contribution in [0.2, 0.25) is 0 Å². The molecule has 0 heterocycles. The van der Waals surface area contributed by atoms with Crippen LogP contribution in [-0.2, 0) is 18.9 Å². The highest BCUT2D eigenvalue weighted by molar-refractivity contribution is 6.14. The summed E-state index contributed by atoms with van der Waals surface area (Å²) in [7, 11) is 4.92. The van der Waals surface area contributed by atoms with Crippen molar-refractivity contribution in [2.45, 2.75) is 96.9 Å². The summed E-state index contributed by atoms with van der Waals surface area (Å²) >= 11 is 0. The van der Waals surface area contributed by atoms with Crippen molar-refractivity contribution < 1.29 is 18.9 Å². The molecule has 0 radical (unpaired) electrons. The molecule has 0 aliphatic rings. The largest absolute Gasteiger partial charge is 0.357 e. The molecule has 0 bridgehead atoms. The third kappa shape index (κ3) is 6.62. The quantitative estimate of drug-likeness (QED) is 0.228. The normalized spacial score (nSPS) is 18.8. The summed E-state index contributed by atoms with van der Waals surface area (Å²) in [4.78, 5) is 0. The molecule has 0 aromatic carbocycles. The van der Waals surface area contributed by atoms with Crippen molar-refractivity contribution >= 4 is 20.5 Å². The third-order valence-corrected chi connectivity index (χ3v) is 10.9. The van der Waals surface area contributed by atoms with E-state index in [1.807, 2.05) is 0 Å². The Morgan fingerprint density at radius 1 is 0.714 bits per heavy atom. The maximum atomic E-state index is 6.94. The van der Waals surface area contributed by atoms with E-state index in [-0.39, 0.29) is 6.04 Å². The van der Waals surface area contributed by atoms with Gasteiger partial charge < -0.3 is 24.7 Å². The third-order valence-electron chi connectivity index (χ3n) is 6.93. The lowest BCUT2D eigenvalue weighted by molar-refractivity contribution is -0.268. The van der Waals surface area contributed by atoms with Crippen LogP contribution in [0.1, 0.15) is 80.1 Å². The van der Waals surface area contributed by atoms with E-state index in [0.717, 1.165) is 46.2 Å². The van der Waals surface area contributed by atoms with Crippen LogP contribution in [0.3, 0.4) is 0 Å². The molecule has 2 atom stereocenters. The first kappa shape index (κ1) is 28.2. The zero-order chi connectivity index (χ0) is 22.1. The Labute approximate surface area is 180 Å². The Morgan fingerprint density at radius 3 is 1.29 bits per heavy atom. The minimum atomic E-state index is -0.657. The highest BCUT2D eigenvalue weighted by Crippen LogP contribution is 2.46. The van der Waals surface area contributed by atoms with E-state index in [2.05, 4.69) is 41.5 Å². The van der Waals surface area contributed by atoms with Gasteiger partial charge in [0.1, 0.15) is 10.8 Å². The second kappa shape index (κ2) is 12.2. The number of hydrogen-bond acceptors (Lipinski definition) is 5. The molecular weight excluding hydrogens is 386 g/mol. The van der Waals surface area contributed by atoms with Crippen LogP contribution < -0.4 is 5.73 Å². The zero-order valence-corrected chi connectivity index (χ0v) is 24.4. The van der Waals surface area contributed by atoms with E-state index in [1.165, 1.54) is 12.8 Å². The Kier molecular flexibility index (Phi) is 12.3. The summed E-state index contributed by atoms with van der Waals surface area (Å²) in [5, 5.41) is 0. The summed E-state index contributed by atoms with van der Waals surface area (Å²) in [6.45, 7) is 14.4. The maximum absolute atomic E-state index is 6.94. The molecule has 0 amide bonds. The average molecular weight is 436 g/mol. The summed E-state index contributed by atoms with van der Waals surface area (Å²) in [6.07, 6.45) is 6.76. The molecule has 7 heteroatoms. The molecule has 0 rings (SSSR count). The molecule has 5 nitrogen and oxygen atoms in total. The van der Waals surface area contributed by atoms with Gasteiger partial charge in [0.2, 0.25) is 0 Å². The molecule has 0 saturated heterocycles. The summed E-state index contributed by atoms with van der Waals surface area (Å²) < 4.78 is 24.5. The summed E-state index contributed by atoms with van der Waals surface area (Å²) in [5.74, 6) is 0. The molecule has 2 unspecified atom stereocenters. The van der Waals surface area contributed by atoms with Crippen molar-refractivity contribution in [3.63, 3.8) is 0 Å². The average Bonchev–Trinajstić information content (AvgIpc) is 2.67. The lowest BCUT2D eigenvalue weighted by Crippen LogP contribution is -2.68. The second-order valence-electron chi connectivity index (χ2n) is 9.33. The highest BCUT2D eigenvalue weighted by Gasteiger charge is 2.57. The fraction of sp³-hybridized carbons (Fsp3) is 1.00. The van der Waals surface area contributed by atoms with E-state index in [1.54, 1.807) is 14.2 Å². The standard InChI is InChI=1S/C21H49NO4Si2/c1-9-11-13-15-25-20(27,23-7)18(3,4)17(22)19(5,6)21(28,24-8)26-16-14-12-10-2/h17H,9-16,22H2,1-8,27-28H3. The molecule has 0 spiro atoms. The molecule has 0 aromatic heterocycles. The van der Waals surface area contributed by atoms with Gasteiger partial charge in [-0.1, -0.05) is 67.2 Å². The predicted molar refractivity (Wildman–Crippen MR) is 126 cm³/mol. The molecule has 2 N–H and O–H groups in total. The van der Waals surface area contributed by atoms with Gasteiger partial charge in [-0.25, -0.2) is 0 Å². The number of unbranched alkanes of at least 4 members (excludes halogenated alkanes) is 4. The predicted octanol–water partition coefficient (Wildman–Crippen LogP) is 2.11. The summed E-state index contributed by atoms with van der Waals surface area (Å²) in [6, 6.07) is -0.229. The van der Waals surface area contributed by atoms with E-state index >= 15 is 0 Å². The minimum absolute atomic E-state index is 0.229. The highest BCUT2D eigenvalue weighted by atomic mass is 28.2. The van der Waals surface area contributed by atoms with Gasteiger partial charge in [0.15, 0.2) is 0 Å². The lowest BCUT2D eigenvalue weighted by atomic mass is 9.68. The van der Waals surface area contributed by atoms with Crippen molar-refractivity contribution in [3.05, 3.63) is 0 Å². The van der Waals surface area contributed by atoms with Gasteiger partial charge in [0.05, 0.1) is 20.5 Å². The molecule has 170 valence electrons. The van der Waals surface area contributed by atoms with Crippen LogP contribution in [-0.4, -0.2) is 64.8 Å². The van der Waals surface area contributed by atoms with Gasteiger partial charge in [-0.05, 0) is 12.8 Å². The fourth-order valence-electron chi connectivity index (χ4n) is 3.72. The van der Waals surface area contributed by atoms with Crippen LogP contribution >= 0.6 is 0 Å². The molecule has 0 aliphatic heterocycles. The number of methoxy groups -OCH3 is 2. The van der Waals surface area contributed by atoms with E-state index in [4.69, 9.17) is 24.7 Å². The Hall–Kier alpha value is 0.234. The Morgan fingerprint density at radius 2 is 1.04 bits per heavy atom. The molecule has 0 fully saturated rings. The van der Waals surface area contributed by atoms with Crippen LogP contribution in [0, 0.1) is 10.8 Å². The van der Waals surface area contributed by atoms with Gasteiger partial charge in [0, 0.05) is 44.3 Å². The van der Waals surface area contributed by atoms with Crippen LogP contribution in [0.4, 0.5) is 0 Å². The van der Waals surface area contributed by atoms with Crippen LogP contribution in [0.5, 0.6) is 0 Å². The topological polar surface area (TPSA) is 62.9 Å². The summed E-state index contributed by atoms with van der Waals surface area (Å²) in [5.41, 5.74) is 4.83. The van der Waals surface area contributed by atoms with Crippen molar-refractivity contribution in [1.82, 2.24) is 0 Å². The Bertz CT molecular complexity index is 399. The smallest absolute Gasteiger partial charge is 0.147 e. The van der Waals surface area contributed by atoms with E-state index in [9.17, 15) is 0 Å². The van der Waals surface area contributed by atoms with Gasteiger partial charge >= 0.3 is 0 Å². The van der Waals surface area contributed by atoms with Gasteiger partial charge in [-0.3, -0.25) is 0 Å². The van der Waals surface area contributed by atoms with Gasteiger partial charge in [-0.15, -0.1) is 0 Å². The van der Waals surface area contributed by atoms with Gasteiger partial charge in [0.25, 0.3) is 0 Å². The molecule has 28 heavy (non-hydrogen) atoms. The molecule has 0 saturated carbocycles. The number of nitrogens with two attached hydrogens (primary N) is 1. The van der Waals surface area contributed by atoms with Crippen LogP contribution in [0.15, 0.2) is 0 Å². The first-order valence-electron chi connectivity index (χ1n) is 11.0. The minimum Gasteiger partial charge on any atom is -0.357 e. The molecule has 0 aromatic rings. The van der Waals surface area contributed by atoms with Crippen molar-refractivity contribution in [3.8, 4) is 0 Å². The van der Waals surface area contributed by atoms with Crippen molar-refractivity contribution in [2.24, 2.45) is 16.6 Å². The number of rotatable bonds is 16. The first-order valence-corrected chi connectivity index (χ1v) is 13.0. The van der Waals surface area contributed by atoms with E-state index < -0.39 is 21.7 Å². The second-order valence-corrected chi connectivity index (χ2v) is 12.0. The van der Waals surface area contributed by atoms with Crippen LogP contribution in [0.25, 0.3) is 0 Å². The maximum Gasteiger partial charge on any atom is 0.147 e. The SMILES string of the molecule is CCCCCOC([SiH3])(OC)C(C)(C)C(N)C(C)(C)C([SiH3])(OC)OCCCCC. The van der Waals surface area contributed by atoms with E-state index in [0.29, 0.717) is 13.2 Å². The van der Waals surface area contributed by atoms with Gasteiger partial charge in [-0.2, -0.15) is 0 Å². The zero-order valence-electron chi connectivity index (χ0n) is 20.4. The molecular formula is C21H49NO4Si2.